The Morgan fingerprint density at radius 1 is 1.17 bits per heavy atom. The van der Waals surface area contributed by atoms with Gasteiger partial charge in [0.25, 0.3) is 5.91 Å². The molecule has 0 aliphatic heterocycles. The molecule has 2 rings (SSSR count). The molecule has 0 saturated carbocycles. The van der Waals surface area contributed by atoms with Gasteiger partial charge in [0.15, 0.2) is 0 Å². The molecule has 128 valence electrons. The van der Waals surface area contributed by atoms with Crippen LogP contribution in [0.2, 0.25) is 0 Å². The maximum atomic E-state index is 12.0. The first-order valence-corrected chi connectivity index (χ1v) is 8.34. The summed E-state index contributed by atoms with van der Waals surface area (Å²) in [5.41, 5.74) is 1.85. The van der Waals surface area contributed by atoms with Gasteiger partial charge >= 0.3 is 0 Å². The highest BCUT2D eigenvalue weighted by molar-refractivity contribution is 5.94. The maximum Gasteiger partial charge on any atom is 0.251 e. The van der Waals surface area contributed by atoms with E-state index in [1.54, 1.807) is 25.4 Å². The van der Waals surface area contributed by atoms with Crippen LogP contribution in [0.4, 0.5) is 5.82 Å². The lowest BCUT2D eigenvalue weighted by Crippen LogP contribution is -2.24. The SMILES string of the molecule is CCCCNC(=O)c1ccnc(NCCc2ccc(OC)cc2)c1. The summed E-state index contributed by atoms with van der Waals surface area (Å²) in [6, 6.07) is 11.5. The molecule has 0 aliphatic rings. The van der Waals surface area contributed by atoms with Crippen molar-refractivity contribution in [1.82, 2.24) is 10.3 Å². The summed E-state index contributed by atoms with van der Waals surface area (Å²) in [7, 11) is 1.66. The molecular formula is C19H25N3O2. The molecule has 0 unspecified atom stereocenters. The second kappa shape index (κ2) is 9.55. The molecule has 1 heterocycles. The number of pyridine rings is 1. The highest BCUT2D eigenvalue weighted by Crippen LogP contribution is 2.12. The topological polar surface area (TPSA) is 63.2 Å². The maximum absolute atomic E-state index is 12.0. The van der Waals surface area contributed by atoms with Gasteiger partial charge in [-0.3, -0.25) is 4.79 Å². The van der Waals surface area contributed by atoms with Crippen LogP contribution < -0.4 is 15.4 Å². The number of carbonyl (C=O) groups is 1. The second-order valence-electron chi connectivity index (χ2n) is 5.56. The predicted molar refractivity (Wildman–Crippen MR) is 96.7 cm³/mol. The van der Waals surface area contributed by atoms with Gasteiger partial charge in [0, 0.05) is 24.8 Å². The largest absolute Gasteiger partial charge is 0.497 e. The van der Waals surface area contributed by atoms with Crippen molar-refractivity contribution in [3.63, 3.8) is 0 Å². The average molecular weight is 327 g/mol. The fourth-order valence-corrected chi connectivity index (χ4v) is 2.28. The molecule has 2 aromatic rings. The van der Waals surface area contributed by atoms with E-state index in [-0.39, 0.29) is 5.91 Å². The van der Waals surface area contributed by atoms with Crippen molar-refractivity contribution in [2.45, 2.75) is 26.2 Å². The van der Waals surface area contributed by atoms with Crippen molar-refractivity contribution >= 4 is 11.7 Å². The number of anilines is 1. The smallest absolute Gasteiger partial charge is 0.251 e. The zero-order valence-electron chi connectivity index (χ0n) is 14.3. The lowest BCUT2D eigenvalue weighted by Gasteiger charge is -2.08. The van der Waals surface area contributed by atoms with E-state index in [0.29, 0.717) is 17.9 Å². The van der Waals surface area contributed by atoms with E-state index < -0.39 is 0 Å². The van der Waals surface area contributed by atoms with Crippen LogP contribution >= 0.6 is 0 Å². The molecule has 1 amide bonds. The summed E-state index contributed by atoms with van der Waals surface area (Å²) in [6.07, 6.45) is 4.58. The Morgan fingerprint density at radius 3 is 2.67 bits per heavy atom. The summed E-state index contributed by atoms with van der Waals surface area (Å²) in [5, 5.41) is 6.18. The fourth-order valence-electron chi connectivity index (χ4n) is 2.28. The van der Waals surface area contributed by atoms with E-state index in [1.165, 1.54) is 5.56 Å². The van der Waals surface area contributed by atoms with Crippen molar-refractivity contribution in [3.8, 4) is 5.75 Å². The number of benzene rings is 1. The van der Waals surface area contributed by atoms with Crippen LogP contribution in [0.3, 0.4) is 0 Å². The zero-order chi connectivity index (χ0) is 17.2. The first kappa shape index (κ1) is 17.8. The Kier molecular flexibility index (Phi) is 7.08. The van der Waals surface area contributed by atoms with E-state index >= 15 is 0 Å². The van der Waals surface area contributed by atoms with Gasteiger partial charge in [0.05, 0.1) is 7.11 Å². The molecular weight excluding hydrogens is 302 g/mol. The molecule has 5 heteroatoms. The van der Waals surface area contributed by atoms with Crippen LogP contribution in [0.15, 0.2) is 42.6 Å². The predicted octanol–water partition coefficient (Wildman–Crippen LogP) is 3.27. The minimum absolute atomic E-state index is 0.0518. The monoisotopic (exact) mass is 327 g/mol. The van der Waals surface area contributed by atoms with Gasteiger partial charge in [-0.2, -0.15) is 0 Å². The number of unbranched alkanes of at least 4 members (excludes halogenated alkanes) is 1. The highest BCUT2D eigenvalue weighted by atomic mass is 16.5. The van der Waals surface area contributed by atoms with Crippen molar-refractivity contribution in [2.24, 2.45) is 0 Å². The first-order valence-electron chi connectivity index (χ1n) is 8.34. The third-order valence-corrected chi connectivity index (χ3v) is 3.72. The summed E-state index contributed by atoms with van der Waals surface area (Å²) in [6.45, 7) is 3.56. The summed E-state index contributed by atoms with van der Waals surface area (Å²) in [4.78, 5) is 16.3. The number of nitrogens with one attached hydrogen (secondary N) is 2. The molecule has 0 aliphatic carbocycles. The third-order valence-electron chi connectivity index (χ3n) is 3.72. The van der Waals surface area contributed by atoms with Crippen LogP contribution in [0.5, 0.6) is 5.75 Å². The van der Waals surface area contributed by atoms with Gasteiger partial charge in [-0.15, -0.1) is 0 Å². The fraction of sp³-hybridized carbons (Fsp3) is 0.368. The van der Waals surface area contributed by atoms with Crippen molar-refractivity contribution in [2.75, 3.05) is 25.5 Å². The Morgan fingerprint density at radius 2 is 1.96 bits per heavy atom. The number of amides is 1. The zero-order valence-corrected chi connectivity index (χ0v) is 14.3. The summed E-state index contributed by atoms with van der Waals surface area (Å²) < 4.78 is 5.15. The van der Waals surface area contributed by atoms with Crippen LogP contribution in [-0.4, -0.2) is 31.1 Å². The number of methoxy groups -OCH3 is 1. The minimum atomic E-state index is -0.0518. The number of hydrogen-bond donors (Lipinski definition) is 2. The first-order chi connectivity index (χ1) is 11.7. The lowest BCUT2D eigenvalue weighted by molar-refractivity contribution is 0.0953. The van der Waals surface area contributed by atoms with Gasteiger partial charge in [-0.05, 0) is 42.7 Å². The third kappa shape index (κ3) is 5.57. The molecule has 0 atom stereocenters. The highest BCUT2D eigenvalue weighted by Gasteiger charge is 2.06. The van der Waals surface area contributed by atoms with Crippen LogP contribution in [0.25, 0.3) is 0 Å². The normalized spacial score (nSPS) is 10.2. The molecule has 1 aromatic heterocycles. The lowest BCUT2D eigenvalue weighted by atomic mass is 10.1. The molecule has 0 saturated heterocycles. The number of ether oxygens (including phenoxy) is 1. The van der Waals surface area contributed by atoms with Crippen molar-refractivity contribution in [3.05, 3.63) is 53.7 Å². The quantitative estimate of drug-likeness (QED) is 0.694. The molecule has 0 fully saturated rings. The number of carbonyl (C=O) groups excluding carboxylic acids is 1. The number of rotatable bonds is 9. The summed E-state index contributed by atoms with van der Waals surface area (Å²) >= 11 is 0. The van der Waals surface area contributed by atoms with Gasteiger partial charge < -0.3 is 15.4 Å². The number of hydrogen-bond acceptors (Lipinski definition) is 4. The van der Waals surface area contributed by atoms with Gasteiger partial charge in [0.2, 0.25) is 0 Å². The molecule has 24 heavy (non-hydrogen) atoms. The molecule has 2 N–H and O–H groups in total. The van der Waals surface area contributed by atoms with Crippen LogP contribution in [-0.2, 0) is 6.42 Å². The molecule has 5 nitrogen and oxygen atoms in total. The molecule has 0 spiro atoms. The Bertz CT molecular complexity index is 641. The van der Waals surface area contributed by atoms with Crippen LogP contribution in [0, 0.1) is 0 Å². The van der Waals surface area contributed by atoms with E-state index in [2.05, 4.69) is 22.5 Å². The van der Waals surface area contributed by atoms with E-state index in [9.17, 15) is 4.79 Å². The van der Waals surface area contributed by atoms with Crippen molar-refractivity contribution in [1.29, 1.82) is 0 Å². The Labute approximate surface area is 143 Å². The van der Waals surface area contributed by atoms with Gasteiger partial charge in [-0.25, -0.2) is 4.98 Å². The van der Waals surface area contributed by atoms with Gasteiger partial charge in [0.1, 0.15) is 11.6 Å². The van der Waals surface area contributed by atoms with Gasteiger partial charge in [-0.1, -0.05) is 25.5 Å². The number of aromatic nitrogens is 1. The number of nitrogens with zero attached hydrogens (tertiary/aromatic N) is 1. The van der Waals surface area contributed by atoms with Crippen molar-refractivity contribution < 1.29 is 9.53 Å². The Hall–Kier alpha value is -2.56. The Balaban J connectivity index is 1.83. The van der Waals surface area contributed by atoms with E-state index in [4.69, 9.17) is 4.74 Å². The standard InChI is InChI=1S/C19H25N3O2/c1-3-4-11-22-19(23)16-10-13-21-18(14-16)20-12-9-15-5-7-17(24-2)8-6-15/h5-8,10,13-14H,3-4,9,11-12H2,1-2H3,(H,20,21)(H,22,23). The average Bonchev–Trinajstić information content (AvgIpc) is 2.63. The van der Waals surface area contributed by atoms with E-state index in [1.807, 2.05) is 24.3 Å². The summed E-state index contributed by atoms with van der Waals surface area (Å²) in [5.74, 6) is 1.52. The van der Waals surface area contributed by atoms with E-state index in [0.717, 1.165) is 31.6 Å². The molecule has 0 radical (unpaired) electrons. The molecule has 1 aromatic carbocycles. The molecule has 0 bridgehead atoms. The minimum Gasteiger partial charge on any atom is -0.497 e. The van der Waals surface area contributed by atoms with Crippen LogP contribution in [0.1, 0.15) is 35.7 Å². The second-order valence-corrected chi connectivity index (χ2v) is 5.56.